The molecule has 0 radical (unpaired) electrons. The van der Waals surface area contributed by atoms with Crippen LogP contribution in [0.5, 0.6) is 0 Å². The van der Waals surface area contributed by atoms with Gasteiger partial charge >= 0.3 is 0 Å². The van der Waals surface area contributed by atoms with E-state index in [4.69, 9.17) is 0 Å². The molecule has 0 aliphatic carbocycles. The maximum absolute atomic E-state index is 3.71. The van der Waals surface area contributed by atoms with E-state index >= 15 is 0 Å². The van der Waals surface area contributed by atoms with Gasteiger partial charge in [0.25, 0.3) is 0 Å². The second kappa shape index (κ2) is 7.24. The lowest BCUT2D eigenvalue weighted by Gasteiger charge is -2.38. The molecule has 1 N–H and O–H groups in total. The minimum Gasteiger partial charge on any atom is -0.311 e. The van der Waals surface area contributed by atoms with Crippen LogP contribution < -0.4 is 5.32 Å². The molecule has 2 atom stereocenters. The first-order valence-corrected chi connectivity index (χ1v) is 8.29. The van der Waals surface area contributed by atoms with Gasteiger partial charge in [0.15, 0.2) is 0 Å². The van der Waals surface area contributed by atoms with E-state index in [-0.39, 0.29) is 5.54 Å². The summed E-state index contributed by atoms with van der Waals surface area (Å²) in [5.41, 5.74) is 0.590. The number of rotatable bonds is 7. The summed E-state index contributed by atoms with van der Waals surface area (Å²) in [7, 11) is 4.38. The molecule has 0 saturated carbocycles. The average Bonchev–Trinajstić information content (AvgIpc) is 2.72. The third-order valence-electron chi connectivity index (χ3n) is 4.56. The molecule has 1 heterocycles. The van der Waals surface area contributed by atoms with Crippen molar-refractivity contribution in [2.24, 2.45) is 5.41 Å². The Morgan fingerprint density at radius 2 is 1.85 bits per heavy atom. The number of nitrogens with zero attached hydrogens (tertiary/aromatic N) is 2. The number of hydrogen-bond acceptors (Lipinski definition) is 3. The molecule has 1 fully saturated rings. The lowest BCUT2D eigenvalue weighted by Crippen LogP contribution is -2.49. The van der Waals surface area contributed by atoms with Gasteiger partial charge in [-0.25, -0.2) is 0 Å². The van der Waals surface area contributed by atoms with Gasteiger partial charge in [0.05, 0.1) is 0 Å². The van der Waals surface area contributed by atoms with Gasteiger partial charge < -0.3 is 10.2 Å². The second-order valence-corrected chi connectivity index (χ2v) is 8.30. The molecule has 3 nitrogen and oxygen atoms in total. The zero-order valence-electron chi connectivity index (χ0n) is 14.9. The molecule has 0 aromatic heterocycles. The second-order valence-electron chi connectivity index (χ2n) is 8.30. The van der Waals surface area contributed by atoms with Crippen molar-refractivity contribution in [1.29, 1.82) is 0 Å². The molecule has 2 unspecified atom stereocenters. The van der Waals surface area contributed by atoms with Crippen LogP contribution in [0.4, 0.5) is 0 Å². The maximum Gasteiger partial charge on any atom is 0.0223 e. The van der Waals surface area contributed by atoms with Gasteiger partial charge in [-0.15, -0.1) is 0 Å². The van der Waals surface area contributed by atoms with Crippen molar-refractivity contribution in [3.8, 4) is 0 Å². The lowest BCUT2D eigenvalue weighted by atomic mass is 9.85. The van der Waals surface area contributed by atoms with Gasteiger partial charge in [0, 0.05) is 31.2 Å². The SMILES string of the molecule is CCC(C)(CNC(C)(C)C)CN1CCCC1CN(C)C. The Kier molecular flexibility index (Phi) is 6.49. The van der Waals surface area contributed by atoms with Crippen LogP contribution in [0.15, 0.2) is 0 Å². The van der Waals surface area contributed by atoms with E-state index in [1.165, 1.54) is 38.9 Å². The molecule has 0 amide bonds. The normalized spacial score (nSPS) is 24.3. The molecule has 0 aromatic rings. The van der Waals surface area contributed by atoms with Gasteiger partial charge in [0.2, 0.25) is 0 Å². The van der Waals surface area contributed by atoms with Crippen LogP contribution in [0.3, 0.4) is 0 Å². The quantitative estimate of drug-likeness (QED) is 0.775. The zero-order chi connectivity index (χ0) is 15.4. The van der Waals surface area contributed by atoms with Crippen molar-refractivity contribution >= 4 is 0 Å². The van der Waals surface area contributed by atoms with Crippen molar-refractivity contribution in [3.05, 3.63) is 0 Å². The standard InChI is InChI=1S/C17H37N3/c1-8-17(5,13-18-16(2,3)4)14-20-11-9-10-15(20)12-19(6)7/h15,18H,8-14H2,1-7H3. The molecular weight excluding hydrogens is 246 g/mol. The van der Waals surface area contributed by atoms with E-state index in [9.17, 15) is 0 Å². The zero-order valence-corrected chi connectivity index (χ0v) is 14.9. The van der Waals surface area contributed by atoms with Crippen LogP contribution in [-0.2, 0) is 0 Å². The highest BCUT2D eigenvalue weighted by molar-refractivity contribution is 4.88. The highest BCUT2D eigenvalue weighted by Crippen LogP contribution is 2.27. The minimum atomic E-state index is 0.213. The van der Waals surface area contributed by atoms with Crippen LogP contribution in [0, 0.1) is 5.41 Å². The third-order valence-corrected chi connectivity index (χ3v) is 4.56. The van der Waals surface area contributed by atoms with Gasteiger partial charge in [-0.1, -0.05) is 13.8 Å². The Morgan fingerprint density at radius 3 is 2.35 bits per heavy atom. The molecule has 0 aromatic carbocycles. The Hall–Kier alpha value is -0.120. The number of hydrogen-bond donors (Lipinski definition) is 1. The number of nitrogens with one attached hydrogen (secondary N) is 1. The molecule has 3 heteroatoms. The van der Waals surface area contributed by atoms with E-state index in [2.05, 4.69) is 63.8 Å². The molecular formula is C17H37N3. The van der Waals surface area contributed by atoms with E-state index in [0.29, 0.717) is 5.41 Å². The first-order valence-electron chi connectivity index (χ1n) is 8.29. The average molecular weight is 284 g/mol. The molecule has 1 saturated heterocycles. The van der Waals surface area contributed by atoms with E-state index in [0.717, 1.165) is 12.6 Å². The highest BCUT2D eigenvalue weighted by atomic mass is 15.2. The fourth-order valence-corrected chi connectivity index (χ4v) is 2.99. The molecule has 120 valence electrons. The number of likely N-dealkylation sites (tertiary alicyclic amines) is 1. The molecule has 1 aliphatic rings. The maximum atomic E-state index is 3.71. The Bertz CT molecular complexity index is 282. The summed E-state index contributed by atoms with van der Waals surface area (Å²) in [5.74, 6) is 0. The summed E-state index contributed by atoms with van der Waals surface area (Å²) in [5, 5.41) is 3.71. The van der Waals surface area contributed by atoms with Crippen LogP contribution in [0.1, 0.15) is 53.9 Å². The highest BCUT2D eigenvalue weighted by Gasteiger charge is 2.32. The summed E-state index contributed by atoms with van der Waals surface area (Å²) < 4.78 is 0. The summed E-state index contributed by atoms with van der Waals surface area (Å²) in [6.07, 6.45) is 3.97. The lowest BCUT2D eigenvalue weighted by molar-refractivity contribution is 0.122. The van der Waals surface area contributed by atoms with E-state index in [1.54, 1.807) is 0 Å². The van der Waals surface area contributed by atoms with E-state index < -0.39 is 0 Å². The van der Waals surface area contributed by atoms with Crippen LogP contribution in [0.25, 0.3) is 0 Å². The van der Waals surface area contributed by atoms with Gasteiger partial charge in [-0.05, 0) is 66.1 Å². The molecule has 0 spiro atoms. The van der Waals surface area contributed by atoms with Crippen molar-refractivity contribution in [3.63, 3.8) is 0 Å². The molecule has 20 heavy (non-hydrogen) atoms. The first kappa shape index (κ1) is 17.9. The Labute approximate surface area is 127 Å². The van der Waals surface area contributed by atoms with Crippen molar-refractivity contribution in [2.45, 2.75) is 65.5 Å². The topological polar surface area (TPSA) is 18.5 Å². The van der Waals surface area contributed by atoms with Crippen LogP contribution in [-0.4, -0.2) is 61.7 Å². The van der Waals surface area contributed by atoms with Gasteiger partial charge in [0.1, 0.15) is 0 Å². The summed E-state index contributed by atoms with van der Waals surface area (Å²) in [6, 6.07) is 0.755. The third kappa shape index (κ3) is 6.11. The molecule has 0 bridgehead atoms. The van der Waals surface area contributed by atoms with Gasteiger partial charge in [-0.2, -0.15) is 0 Å². The minimum absolute atomic E-state index is 0.213. The smallest absolute Gasteiger partial charge is 0.0223 e. The van der Waals surface area contributed by atoms with E-state index in [1.807, 2.05) is 0 Å². The fraction of sp³-hybridized carbons (Fsp3) is 1.00. The largest absolute Gasteiger partial charge is 0.311 e. The van der Waals surface area contributed by atoms with Crippen molar-refractivity contribution in [2.75, 3.05) is 40.3 Å². The van der Waals surface area contributed by atoms with Crippen LogP contribution in [0.2, 0.25) is 0 Å². The van der Waals surface area contributed by atoms with Crippen molar-refractivity contribution < 1.29 is 0 Å². The monoisotopic (exact) mass is 283 g/mol. The van der Waals surface area contributed by atoms with Crippen LogP contribution >= 0.6 is 0 Å². The predicted octanol–water partition coefficient (Wildman–Crippen LogP) is 2.82. The summed E-state index contributed by atoms with van der Waals surface area (Å²) in [4.78, 5) is 5.06. The predicted molar refractivity (Wildman–Crippen MR) is 89.3 cm³/mol. The first-order chi connectivity index (χ1) is 9.15. The molecule has 1 rings (SSSR count). The Balaban J connectivity index is 2.57. The summed E-state index contributed by atoms with van der Waals surface area (Å²) in [6.45, 7) is 16.4. The van der Waals surface area contributed by atoms with Crippen molar-refractivity contribution in [1.82, 2.24) is 15.1 Å². The Morgan fingerprint density at radius 1 is 1.20 bits per heavy atom. The summed E-state index contributed by atoms with van der Waals surface area (Å²) >= 11 is 0. The fourth-order valence-electron chi connectivity index (χ4n) is 2.99. The van der Waals surface area contributed by atoms with Gasteiger partial charge in [-0.3, -0.25) is 4.90 Å². The number of likely N-dealkylation sites (N-methyl/N-ethyl adjacent to an activating group) is 1. The molecule has 1 aliphatic heterocycles.